The van der Waals surface area contributed by atoms with Gasteiger partial charge in [0.2, 0.25) is 11.8 Å². The predicted molar refractivity (Wildman–Crippen MR) is 107 cm³/mol. The van der Waals surface area contributed by atoms with E-state index in [9.17, 15) is 14.4 Å². The van der Waals surface area contributed by atoms with E-state index >= 15 is 0 Å². The van der Waals surface area contributed by atoms with Crippen LogP contribution in [0.15, 0.2) is 48.5 Å². The number of amides is 3. The zero-order valence-electron chi connectivity index (χ0n) is 15.6. The predicted octanol–water partition coefficient (Wildman–Crippen LogP) is 2.83. The van der Waals surface area contributed by atoms with E-state index in [-0.39, 0.29) is 30.3 Å². The van der Waals surface area contributed by atoms with Crippen LogP contribution in [0.3, 0.4) is 0 Å². The molecule has 0 fully saturated rings. The van der Waals surface area contributed by atoms with Gasteiger partial charge in [-0.2, -0.15) is 0 Å². The van der Waals surface area contributed by atoms with Crippen LogP contribution < -0.4 is 21.3 Å². The van der Waals surface area contributed by atoms with E-state index in [4.69, 9.17) is 0 Å². The summed E-state index contributed by atoms with van der Waals surface area (Å²) in [5.74, 6) is -0.582. The Morgan fingerprint density at radius 2 is 1.52 bits per heavy atom. The molecule has 0 spiro atoms. The fourth-order valence-electron chi connectivity index (χ4n) is 2.38. The number of carbonyl (C=O) groups excluding carboxylic acids is 3. The molecule has 0 aliphatic heterocycles. The van der Waals surface area contributed by atoms with Crippen molar-refractivity contribution < 1.29 is 14.4 Å². The van der Waals surface area contributed by atoms with Crippen molar-refractivity contribution in [2.24, 2.45) is 0 Å². The zero-order chi connectivity index (χ0) is 19.8. The Labute approximate surface area is 158 Å². The maximum Gasteiger partial charge on any atom is 0.251 e. The number of carbonyl (C=O) groups is 3. The average molecular weight is 368 g/mol. The second-order valence-corrected chi connectivity index (χ2v) is 6.37. The van der Waals surface area contributed by atoms with Crippen molar-refractivity contribution in [3.8, 4) is 0 Å². The Hall–Kier alpha value is -3.35. The van der Waals surface area contributed by atoms with Crippen LogP contribution in [0.4, 0.5) is 17.1 Å². The lowest BCUT2D eigenvalue weighted by Crippen LogP contribution is -2.30. The maximum atomic E-state index is 12.1. The summed E-state index contributed by atoms with van der Waals surface area (Å²) in [7, 11) is 0. The summed E-state index contributed by atoms with van der Waals surface area (Å²) in [6.07, 6.45) is 0. The highest BCUT2D eigenvalue weighted by Gasteiger charge is 2.08. The molecular weight excluding hydrogens is 344 g/mol. The van der Waals surface area contributed by atoms with Crippen LogP contribution in [0.5, 0.6) is 0 Å². The minimum atomic E-state index is -0.244. The molecule has 0 radical (unpaired) electrons. The van der Waals surface area contributed by atoms with Gasteiger partial charge in [0, 0.05) is 35.6 Å². The van der Waals surface area contributed by atoms with Gasteiger partial charge in [-0.15, -0.1) is 0 Å². The zero-order valence-corrected chi connectivity index (χ0v) is 15.6. The molecule has 0 atom stereocenters. The van der Waals surface area contributed by atoms with E-state index in [0.29, 0.717) is 22.6 Å². The highest BCUT2D eigenvalue weighted by molar-refractivity contribution is 5.97. The fourth-order valence-corrected chi connectivity index (χ4v) is 2.38. The molecule has 2 aromatic rings. The van der Waals surface area contributed by atoms with Crippen LogP contribution in [-0.2, 0) is 9.59 Å². The van der Waals surface area contributed by atoms with Crippen LogP contribution >= 0.6 is 0 Å². The second kappa shape index (κ2) is 9.38. The van der Waals surface area contributed by atoms with E-state index in [2.05, 4.69) is 21.3 Å². The highest BCUT2D eigenvalue weighted by Crippen LogP contribution is 2.15. The summed E-state index contributed by atoms with van der Waals surface area (Å²) < 4.78 is 0. The minimum Gasteiger partial charge on any atom is -0.376 e. The maximum absolute atomic E-state index is 12.1. The molecule has 0 saturated carbocycles. The van der Waals surface area contributed by atoms with Gasteiger partial charge in [0.05, 0.1) is 6.54 Å². The lowest BCUT2D eigenvalue weighted by atomic mass is 10.1. The van der Waals surface area contributed by atoms with Gasteiger partial charge in [-0.1, -0.05) is 12.1 Å². The lowest BCUT2D eigenvalue weighted by Gasteiger charge is -2.11. The van der Waals surface area contributed by atoms with Crippen LogP contribution in [0, 0.1) is 0 Å². The number of rotatable bonds is 7. The van der Waals surface area contributed by atoms with E-state index in [0.717, 1.165) is 0 Å². The Balaban J connectivity index is 1.92. The lowest BCUT2D eigenvalue weighted by molar-refractivity contribution is -0.115. The first-order valence-corrected chi connectivity index (χ1v) is 8.66. The van der Waals surface area contributed by atoms with Crippen LogP contribution in [0.25, 0.3) is 0 Å². The summed E-state index contributed by atoms with van der Waals surface area (Å²) >= 11 is 0. The van der Waals surface area contributed by atoms with E-state index in [1.54, 1.807) is 48.5 Å². The first-order chi connectivity index (χ1) is 12.8. The van der Waals surface area contributed by atoms with Gasteiger partial charge in [-0.25, -0.2) is 0 Å². The molecule has 0 saturated heterocycles. The van der Waals surface area contributed by atoms with Crippen molar-refractivity contribution in [3.63, 3.8) is 0 Å². The van der Waals surface area contributed by atoms with Crippen molar-refractivity contribution in [2.75, 3.05) is 22.5 Å². The molecule has 0 aliphatic carbocycles. The summed E-state index contributed by atoms with van der Waals surface area (Å²) in [4.78, 5) is 35.3. The smallest absolute Gasteiger partial charge is 0.251 e. The highest BCUT2D eigenvalue weighted by atomic mass is 16.2. The Bertz CT molecular complexity index is 833. The number of hydrogen-bond donors (Lipinski definition) is 4. The van der Waals surface area contributed by atoms with E-state index in [1.807, 2.05) is 13.8 Å². The average Bonchev–Trinajstić information content (AvgIpc) is 2.59. The van der Waals surface area contributed by atoms with Gasteiger partial charge in [-0.3, -0.25) is 14.4 Å². The van der Waals surface area contributed by atoms with Gasteiger partial charge >= 0.3 is 0 Å². The number of hydrogen-bond acceptors (Lipinski definition) is 4. The fraction of sp³-hybridized carbons (Fsp3) is 0.250. The molecule has 7 nitrogen and oxygen atoms in total. The number of benzene rings is 2. The molecule has 0 aliphatic rings. The summed E-state index contributed by atoms with van der Waals surface area (Å²) in [6.45, 7) is 5.25. The van der Waals surface area contributed by atoms with Gasteiger partial charge in [0.1, 0.15) is 0 Å². The third kappa shape index (κ3) is 6.81. The molecular formula is C20H24N4O3. The monoisotopic (exact) mass is 368 g/mol. The Kier molecular flexibility index (Phi) is 6.93. The normalized spacial score (nSPS) is 10.2. The first kappa shape index (κ1) is 20.0. The molecule has 3 amide bonds. The molecule has 0 heterocycles. The SMILES string of the molecule is CC(=O)Nc1cccc(NC(=O)CNc2cccc(C(=O)NC(C)C)c2)c1. The molecule has 2 rings (SSSR count). The Morgan fingerprint density at radius 3 is 2.19 bits per heavy atom. The second-order valence-electron chi connectivity index (χ2n) is 6.37. The summed E-state index contributed by atoms with van der Waals surface area (Å²) in [6, 6.07) is 13.9. The quantitative estimate of drug-likeness (QED) is 0.604. The van der Waals surface area contributed by atoms with Crippen molar-refractivity contribution in [3.05, 3.63) is 54.1 Å². The standard InChI is InChI=1S/C20H24N4O3/c1-13(2)22-20(27)15-6-4-7-16(10-15)21-12-19(26)24-18-9-5-8-17(11-18)23-14(3)25/h4-11,13,21H,12H2,1-3H3,(H,22,27)(H,23,25)(H,24,26). The molecule has 2 aromatic carbocycles. The molecule has 0 aromatic heterocycles. The largest absolute Gasteiger partial charge is 0.376 e. The van der Waals surface area contributed by atoms with Crippen molar-refractivity contribution >= 4 is 34.8 Å². The van der Waals surface area contributed by atoms with Gasteiger partial charge in [-0.05, 0) is 50.2 Å². The molecule has 0 bridgehead atoms. The molecule has 27 heavy (non-hydrogen) atoms. The summed E-state index contributed by atoms with van der Waals surface area (Å²) in [5.41, 5.74) is 2.39. The van der Waals surface area contributed by atoms with Gasteiger partial charge in [0.15, 0.2) is 0 Å². The van der Waals surface area contributed by atoms with Crippen LogP contribution in [0.1, 0.15) is 31.1 Å². The third-order valence-electron chi connectivity index (χ3n) is 3.46. The van der Waals surface area contributed by atoms with Crippen molar-refractivity contribution in [1.82, 2.24) is 5.32 Å². The van der Waals surface area contributed by atoms with Crippen LogP contribution in [-0.4, -0.2) is 30.3 Å². The summed E-state index contributed by atoms with van der Waals surface area (Å²) in [5, 5.41) is 11.2. The topological polar surface area (TPSA) is 99.3 Å². The third-order valence-corrected chi connectivity index (χ3v) is 3.46. The number of nitrogens with one attached hydrogen (secondary N) is 4. The van der Waals surface area contributed by atoms with Gasteiger partial charge in [0.25, 0.3) is 5.91 Å². The van der Waals surface area contributed by atoms with Crippen molar-refractivity contribution in [2.45, 2.75) is 26.8 Å². The molecule has 4 N–H and O–H groups in total. The van der Waals surface area contributed by atoms with E-state index in [1.165, 1.54) is 6.92 Å². The molecule has 142 valence electrons. The van der Waals surface area contributed by atoms with Gasteiger partial charge < -0.3 is 21.3 Å². The minimum absolute atomic E-state index is 0.0413. The molecule has 0 unspecified atom stereocenters. The van der Waals surface area contributed by atoms with Crippen LogP contribution in [0.2, 0.25) is 0 Å². The number of anilines is 3. The molecule has 7 heteroatoms. The first-order valence-electron chi connectivity index (χ1n) is 8.66. The van der Waals surface area contributed by atoms with Crippen molar-refractivity contribution in [1.29, 1.82) is 0 Å². The van der Waals surface area contributed by atoms with E-state index < -0.39 is 0 Å². The Morgan fingerprint density at radius 1 is 0.889 bits per heavy atom.